The molecule has 1 aromatic carbocycles. The van der Waals surface area contributed by atoms with Gasteiger partial charge in [-0.05, 0) is 50.6 Å². The van der Waals surface area contributed by atoms with E-state index < -0.39 is 0 Å². The van der Waals surface area contributed by atoms with Crippen LogP contribution in [-0.4, -0.2) is 63.0 Å². The van der Waals surface area contributed by atoms with Crippen LogP contribution in [0.15, 0.2) is 53.5 Å². The lowest BCUT2D eigenvalue weighted by molar-refractivity contribution is 0.216. The minimum Gasteiger partial charge on any atom is -0.394 e. The van der Waals surface area contributed by atoms with Crippen molar-refractivity contribution in [2.45, 2.75) is 32.9 Å². The topological polar surface area (TPSA) is 66.0 Å². The van der Waals surface area contributed by atoms with E-state index in [2.05, 4.69) is 21.0 Å². The maximum absolute atomic E-state index is 12.3. The van der Waals surface area contributed by atoms with Gasteiger partial charge in [0.05, 0.1) is 0 Å². The molecule has 1 N–H and O–H groups in total. The Labute approximate surface area is 182 Å². The summed E-state index contributed by atoms with van der Waals surface area (Å²) >= 11 is 6.09. The first-order valence-corrected chi connectivity index (χ1v) is 10.8. The van der Waals surface area contributed by atoms with Gasteiger partial charge in [0.25, 0.3) is 0 Å². The van der Waals surface area contributed by atoms with Gasteiger partial charge in [0, 0.05) is 62.3 Å². The molecule has 0 bridgehead atoms. The minimum absolute atomic E-state index is 0.0635. The molecule has 1 fully saturated rings. The lowest BCUT2D eigenvalue weighted by atomic mass is 10.2. The standard InChI is InChI=1S/C19H22ClN5O.C3H8O/c20-16-5-3-6-17(15-16)23-13-11-22(12-14-23)8-4-10-25-19(26)24-9-2-1-7-18(24)21-25;1-3(2)4/h1-3,5-7,9,15H,4,8,10-14H2;3-4H,1-2H3. The molecular weight excluding hydrogens is 402 g/mol. The van der Waals surface area contributed by atoms with Gasteiger partial charge in [0.2, 0.25) is 0 Å². The Morgan fingerprint density at radius 3 is 2.47 bits per heavy atom. The van der Waals surface area contributed by atoms with Gasteiger partial charge in [-0.1, -0.05) is 23.7 Å². The Bertz CT molecular complexity index is 990. The van der Waals surface area contributed by atoms with E-state index in [1.54, 1.807) is 29.1 Å². The molecule has 1 aliphatic rings. The number of hydrogen-bond donors (Lipinski definition) is 1. The van der Waals surface area contributed by atoms with Crippen LogP contribution in [0.25, 0.3) is 5.65 Å². The molecule has 30 heavy (non-hydrogen) atoms. The van der Waals surface area contributed by atoms with Crippen molar-refractivity contribution in [3.63, 3.8) is 0 Å². The molecule has 0 radical (unpaired) electrons. The van der Waals surface area contributed by atoms with Crippen LogP contribution in [-0.2, 0) is 6.54 Å². The summed E-state index contributed by atoms with van der Waals surface area (Å²) in [6.45, 7) is 9.10. The van der Waals surface area contributed by atoms with E-state index in [1.165, 1.54) is 5.69 Å². The number of anilines is 1. The summed E-state index contributed by atoms with van der Waals surface area (Å²) in [7, 11) is 0. The third-order valence-corrected chi connectivity index (χ3v) is 5.11. The summed E-state index contributed by atoms with van der Waals surface area (Å²) in [6, 6.07) is 13.6. The van der Waals surface area contributed by atoms with E-state index in [9.17, 15) is 4.79 Å². The molecule has 3 aromatic rings. The average Bonchev–Trinajstić information content (AvgIpc) is 3.04. The Morgan fingerprint density at radius 2 is 1.80 bits per heavy atom. The van der Waals surface area contributed by atoms with Crippen LogP contribution in [0.4, 0.5) is 5.69 Å². The number of aliphatic hydroxyl groups is 1. The summed E-state index contributed by atoms with van der Waals surface area (Å²) in [4.78, 5) is 17.1. The van der Waals surface area contributed by atoms with Crippen molar-refractivity contribution in [1.29, 1.82) is 0 Å². The second-order valence-corrected chi connectivity index (χ2v) is 8.13. The number of rotatable bonds is 5. The molecule has 1 saturated heterocycles. The maximum Gasteiger partial charge on any atom is 0.350 e. The lowest BCUT2D eigenvalue weighted by Gasteiger charge is -2.36. The van der Waals surface area contributed by atoms with Gasteiger partial charge in [-0.3, -0.25) is 9.30 Å². The lowest BCUT2D eigenvalue weighted by Crippen LogP contribution is -2.46. The molecule has 2 aromatic heterocycles. The van der Waals surface area contributed by atoms with Gasteiger partial charge in [0.1, 0.15) is 0 Å². The van der Waals surface area contributed by atoms with Crippen LogP contribution < -0.4 is 10.6 Å². The Balaban J connectivity index is 0.000000589. The van der Waals surface area contributed by atoms with Crippen molar-refractivity contribution in [2.24, 2.45) is 0 Å². The third kappa shape index (κ3) is 6.08. The van der Waals surface area contributed by atoms with Gasteiger partial charge in [-0.2, -0.15) is 0 Å². The van der Waals surface area contributed by atoms with Gasteiger partial charge >= 0.3 is 5.69 Å². The van der Waals surface area contributed by atoms with E-state index in [0.717, 1.165) is 44.2 Å². The normalized spacial score (nSPS) is 14.8. The van der Waals surface area contributed by atoms with Gasteiger partial charge in [-0.25, -0.2) is 9.48 Å². The monoisotopic (exact) mass is 431 g/mol. The fourth-order valence-corrected chi connectivity index (χ4v) is 3.64. The molecule has 1 aliphatic heterocycles. The van der Waals surface area contributed by atoms with Crippen molar-refractivity contribution >= 4 is 22.9 Å². The zero-order valence-corrected chi connectivity index (χ0v) is 18.4. The van der Waals surface area contributed by atoms with Gasteiger partial charge in [-0.15, -0.1) is 5.10 Å². The molecule has 0 atom stereocenters. The van der Waals surface area contributed by atoms with Gasteiger partial charge in [0.15, 0.2) is 5.65 Å². The highest BCUT2D eigenvalue weighted by atomic mass is 35.5. The van der Waals surface area contributed by atoms with Crippen molar-refractivity contribution in [1.82, 2.24) is 19.1 Å². The van der Waals surface area contributed by atoms with Crippen molar-refractivity contribution in [3.05, 3.63) is 64.2 Å². The van der Waals surface area contributed by atoms with E-state index in [4.69, 9.17) is 16.7 Å². The molecule has 0 saturated carbocycles. The highest BCUT2D eigenvalue weighted by Gasteiger charge is 2.17. The number of piperazine rings is 1. The highest BCUT2D eigenvalue weighted by Crippen LogP contribution is 2.20. The molecule has 4 rings (SSSR count). The van der Waals surface area contributed by atoms with Gasteiger partial charge < -0.3 is 10.0 Å². The highest BCUT2D eigenvalue weighted by molar-refractivity contribution is 6.30. The fraction of sp³-hybridized carbons (Fsp3) is 0.455. The molecule has 0 amide bonds. The number of aliphatic hydroxyl groups excluding tert-OH is 1. The zero-order valence-electron chi connectivity index (χ0n) is 17.6. The molecule has 7 nitrogen and oxygen atoms in total. The smallest absolute Gasteiger partial charge is 0.350 e. The molecule has 3 heterocycles. The molecule has 0 spiro atoms. The molecule has 0 aliphatic carbocycles. The number of fused-ring (bicyclic) bond motifs is 1. The summed E-state index contributed by atoms with van der Waals surface area (Å²) in [6.07, 6.45) is 2.51. The van der Waals surface area contributed by atoms with E-state index in [-0.39, 0.29) is 11.8 Å². The van der Waals surface area contributed by atoms with E-state index in [1.807, 2.05) is 36.4 Å². The van der Waals surface area contributed by atoms with E-state index in [0.29, 0.717) is 12.2 Å². The van der Waals surface area contributed by atoms with E-state index >= 15 is 0 Å². The Kier molecular flexibility index (Phi) is 7.90. The second-order valence-electron chi connectivity index (χ2n) is 7.69. The van der Waals surface area contributed by atoms with Crippen LogP contribution in [0.3, 0.4) is 0 Å². The molecule has 0 unspecified atom stereocenters. The average molecular weight is 432 g/mol. The summed E-state index contributed by atoms with van der Waals surface area (Å²) in [5.41, 5.74) is 1.83. The van der Waals surface area contributed by atoms with Crippen LogP contribution in [0, 0.1) is 0 Å². The van der Waals surface area contributed by atoms with Crippen molar-refractivity contribution < 1.29 is 5.11 Å². The number of aromatic nitrogens is 3. The number of pyridine rings is 1. The fourth-order valence-electron chi connectivity index (χ4n) is 3.46. The predicted molar refractivity (Wildman–Crippen MR) is 122 cm³/mol. The number of hydrogen-bond acceptors (Lipinski definition) is 5. The summed E-state index contributed by atoms with van der Waals surface area (Å²) in [5.74, 6) is 0. The minimum atomic E-state index is -0.167. The maximum atomic E-state index is 12.3. The molecular formula is C22H30ClN5O2. The quantitative estimate of drug-likeness (QED) is 0.672. The van der Waals surface area contributed by atoms with Crippen molar-refractivity contribution in [3.8, 4) is 0 Å². The van der Waals surface area contributed by atoms with Crippen LogP contribution >= 0.6 is 11.6 Å². The first kappa shape index (κ1) is 22.3. The number of halogens is 1. The zero-order chi connectivity index (χ0) is 21.5. The van der Waals surface area contributed by atoms with Crippen LogP contribution in [0.5, 0.6) is 0 Å². The molecule has 162 valence electrons. The number of nitrogens with zero attached hydrogens (tertiary/aromatic N) is 5. The summed E-state index contributed by atoms with van der Waals surface area (Å²) < 4.78 is 3.15. The third-order valence-electron chi connectivity index (χ3n) is 4.88. The first-order valence-electron chi connectivity index (χ1n) is 10.4. The molecule has 8 heteroatoms. The Hall–Kier alpha value is -2.35. The second kappa shape index (κ2) is 10.6. The summed E-state index contributed by atoms with van der Waals surface area (Å²) in [5, 5.41) is 13.2. The largest absolute Gasteiger partial charge is 0.394 e. The predicted octanol–water partition coefficient (Wildman–Crippen LogP) is 2.75. The first-order chi connectivity index (χ1) is 14.4. The van der Waals surface area contributed by atoms with Crippen molar-refractivity contribution in [2.75, 3.05) is 37.6 Å². The number of benzene rings is 1. The SMILES string of the molecule is CC(C)O.O=c1n(CCCN2CCN(c3cccc(Cl)c3)CC2)nc2ccccn12. The Morgan fingerprint density at radius 1 is 1.07 bits per heavy atom. The van der Waals surface area contributed by atoms with Crippen LogP contribution in [0.2, 0.25) is 5.02 Å². The van der Waals surface area contributed by atoms with Crippen LogP contribution in [0.1, 0.15) is 20.3 Å². The number of aryl methyl sites for hydroxylation is 1.